The Bertz CT molecular complexity index is 3230. The molecule has 2 unspecified atom stereocenters. The summed E-state index contributed by atoms with van der Waals surface area (Å²) in [7, 11) is -1.40. The summed E-state index contributed by atoms with van der Waals surface area (Å²) in [6.07, 6.45) is 4.76. The van der Waals surface area contributed by atoms with Gasteiger partial charge in [-0.05, 0) is 59.4 Å². The van der Waals surface area contributed by atoms with Crippen LogP contribution in [0, 0.1) is 0 Å². The fourth-order valence-electron chi connectivity index (χ4n) is 10.7. The van der Waals surface area contributed by atoms with Crippen molar-refractivity contribution in [3.05, 3.63) is 200 Å². The van der Waals surface area contributed by atoms with Crippen LogP contribution < -0.4 is 4.57 Å². The van der Waals surface area contributed by atoms with Crippen molar-refractivity contribution in [3.8, 4) is 39.3 Å². The van der Waals surface area contributed by atoms with Gasteiger partial charge >= 0.3 is 5.82 Å². The number of aromatic nitrogens is 2. The van der Waals surface area contributed by atoms with E-state index in [0.717, 1.165) is 104 Å². The van der Waals surface area contributed by atoms with Gasteiger partial charge in [-0.3, -0.25) is 0 Å². The lowest BCUT2D eigenvalue weighted by Crippen LogP contribution is -2.46. The second-order valence-corrected chi connectivity index (χ2v) is 24.3. The van der Waals surface area contributed by atoms with Gasteiger partial charge in [-0.15, -0.1) is 0 Å². The predicted octanol–water partition coefficient (Wildman–Crippen LogP) is 14.1. The molecule has 0 saturated heterocycles. The first-order chi connectivity index (χ1) is 30.8. The van der Waals surface area contributed by atoms with E-state index in [-0.39, 0.29) is 12.0 Å². The number of allylic oxidation sites excluding steroid dienone is 1. The third-order valence-corrected chi connectivity index (χ3v) is 15.4. The van der Waals surface area contributed by atoms with Crippen LogP contribution >= 0.6 is 0 Å². The monoisotopic (exact) mass is 835 g/mol. The van der Waals surface area contributed by atoms with Gasteiger partial charge in [0.1, 0.15) is 29.1 Å². The van der Waals surface area contributed by atoms with Crippen LogP contribution in [0.15, 0.2) is 187 Å². The molecule has 0 fully saturated rings. The molecule has 0 saturated carbocycles. The summed E-state index contributed by atoms with van der Waals surface area (Å²) in [5.74, 6) is 1.35. The van der Waals surface area contributed by atoms with Crippen molar-refractivity contribution in [1.82, 2.24) is 4.57 Å². The lowest BCUT2D eigenvalue weighted by Gasteiger charge is -2.34. The number of imidazole rings is 1. The first-order valence-corrected chi connectivity index (χ1v) is 26.3. The van der Waals surface area contributed by atoms with Crippen molar-refractivity contribution in [3.63, 3.8) is 0 Å². The number of furan rings is 1. The van der Waals surface area contributed by atoms with Crippen LogP contribution in [-0.2, 0) is 6.42 Å². The number of nitrogens with zero attached hydrogens (tertiary/aromatic N) is 3. The predicted molar refractivity (Wildman–Crippen MR) is 266 cm³/mol. The van der Waals surface area contributed by atoms with Gasteiger partial charge in [0.25, 0.3) is 0 Å². The number of hydrogen-bond donors (Lipinski definition) is 0. The standard InChI is InChI=1S/C58H53N3OSi/c1-6-50-46-25-14-13-24-45(46)47-34-32-42-33-35-49-48-26-15-18-31-54(48)62-57(49)55(42)58-60(39(2)38-53(47)59(50)36-37-63(3,4)5)51-29-16-17-30-52(51)61(58)56-43(40-20-9-7-10-21-40)27-19-28-44(56)41-22-11-8-12-23-41/h6-31,33,35,47,53H,1-2,32,34,36-38H2,3-5H3/q+2. The average molecular weight is 836 g/mol. The maximum atomic E-state index is 7.13. The smallest absolute Gasteiger partial charge is 0.304 e. The number of hydrogen-bond acceptors (Lipinski definition) is 1. The maximum absolute atomic E-state index is 7.13. The van der Waals surface area contributed by atoms with E-state index >= 15 is 0 Å². The minimum atomic E-state index is -1.40. The molecule has 2 aliphatic rings. The number of rotatable bonds is 7. The maximum Gasteiger partial charge on any atom is 0.304 e. The quantitative estimate of drug-likeness (QED) is 0.116. The average Bonchev–Trinajstić information content (AvgIpc) is 3.86. The second kappa shape index (κ2) is 15.5. The largest absolute Gasteiger partial charge is 0.455 e. The van der Waals surface area contributed by atoms with E-state index in [0.29, 0.717) is 0 Å². The second-order valence-electron chi connectivity index (χ2n) is 18.7. The van der Waals surface area contributed by atoms with Gasteiger partial charge in [0.15, 0.2) is 22.7 Å². The molecule has 63 heavy (non-hydrogen) atoms. The summed E-state index contributed by atoms with van der Waals surface area (Å²) in [6, 6.07) is 61.1. The highest BCUT2D eigenvalue weighted by atomic mass is 28.3. The molecular weight excluding hydrogens is 783 g/mol. The number of fused-ring (bicyclic) bond motifs is 12. The first kappa shape index (κ1) is 39.1. The van der Waals surface area contributed by atoms with E-state index in [1.54, 1.807) is 0 Å². The Kier molecular flexibility index (Phi) is 9.62. The molecule has 4 heterocycles. The van der Waals surface area contributed by atoms with Crippen molar-refractivity contribution in [1.29, 1.82) is 0 Å². The zero-order valence-corrected chi connectivity index (χ0v) is 37.5. The molecule has 2 aliphatic heterocycles. The van der Waals surface area contributed by atoms with Crippen LogP contribution in [0.3, 0.4) is 0 Å². The van der Waals surface area contributed by atoms with Crippen LogP contribution in [0.25, 0.3) is 78.0 Å². The van der Waals surface area contributed by atoms with Crippen molar-refractivity contribution < 1.29 is 13.6 Å². The summed E-state index contributed by atoms with van der Waals surface area (Å²) in [4.78, 5) is 0. The van der Waals surface area contributed by atoms with Crippen molar-refractivity contribution >= 4 is 52.5 Å². The molecule has 5 heteroatoms. The summed E-state index contributed by atoms with van der Waals surface area (Å²) >= 11 is 0. The highest BCUT2D eigenvalue weighted by Gasteiger charge is 2.45. The van der Waals surface area contributed by atoms with Crippen molar-refractivity contribution in [2.24, 2.45) is 0 Å². The number of benzene rings is 7. The van der Waals surface area contributed by atoms with Gasteiger partial charge in [-0.2, -0.15) is 9.13 Å². The lowest BCUT2D eigenvalue weighted by atomic mass is 9.77. The molecule has 9 aromatic rings. The molecule has 308 valence electrons. The fourth-order valence-corrected chi connectivity index (χ4v) is 11.6. The van der Waals surface area contributed by atoms with Gasteiger partial charge in [-0.1, -0.05) is 172 Å². The van der Waals surface area contributed by atoms with Crippen LogP contribution in [0.5, 0.6) is 0 Å². The van der Waals surface area contributed by atoms with E-state index in [1.165, 1.54) is 28.4 Å². The molecule has 0 spiro atoms. The molecule has 0 radical (unpaired) electrons. The van der Waals surface area contributed by atoms with Crippen LogP contribution in [0.4, 0.5) is 0 Å². The molecule has 2 atom stereocenters. The Morgan fingerprint density at radius 3 is 2.08 bits per heavy atom. The molecule has 0 amide bonds. The van der Waals surface area contributed by atoms with E-state index in [4.69, 9.17) is 11.0 Å². The molecule has 0 bridgehead atoms. The third kappa shape index (κ3) is 6.56. The highest BCUT2D eigenvalue weighted by molar-refractivity contribution is 6.76. The number of para-hydroxylation sites is 4. The first-order valence-electron chi connectivity index (χ1n) is 22.6. The van der Waals surface area contributed by atoms with Crippen LogP contribution in [0.1, 0.15) is 35.4 Å². The zero-order chi connectivity index (χ0) is 42.8. The van der Waals surface area contributed by atoms with Gasteiger partial charge in [0.2, 0.25) is 5.71 Å². The Balaban J connectivity index is 1.27. The van der Waals surface area contributed by atoms with Gasteiger partial charge in [-0.25, -0.2) is 4.58 Å². The Hall–Kier alpha value is -6.82. The van der Waals surface area contributed by atoms with E-state index in [1.807, 2.05) is 0 Å². The minimum absolute atomic E-state index is 0.187. The Morgan fingerprint density at radius 1 is 0.698 bits per heavy atom. The summed E-state index contributed by atoms with van der Waals surface area (Å²) in [5, 5.41) is 2.25. The van der Waals surface area contributed by atoms with Gasteiger partial charge in [0.05, 0.1) is 14.5 Å². The van der Waals surface area contributed by atoms with Crippen molar-refractivity contribution in [2.75, 3.05) is 6.54 Å². The molecule has 0 aliphatic carbocycles. The molecule has 2 aromatic heterocycles. The Labute approximate surface area is 371 Å². The van der Waals surface area contributed by atoms with Crippen molar-refractivity contribution in [2.45, 2.75) is 56.9 Å². The van der Waals surface area contributed by atoms with E-state index in [2.05, 4.69) is 210 Å². The van der Waals surface area contributed by atoms with Gasteiger partial charge in [0, 0.05) is 45.5 Å². The topological polar surface area (TPSA) is 25.0 Å². The number of aryl methyl sites for hydroxylation is 1. The zero-order valence-electron chi connectivity index (χ0n) is 36.5. The summed E-state index contributed by atoms with van der Waals surface area (Å²) in [6.45, 7) is 18.1. The fraction of sp³-hybridized carbons (Fsp3) is 0.172. The Morgan fingerprint density at radius 2 is 1.35 bits per heavy atom. The van der Waals surface area contributed by atoms with Crippen LogP contribution in [-0.4, -0.2) is 35.5 Å². The summed E-state index contributed by atoms with van der Waals surface area (Å²) < 4.78 is 14.9. The molecule has 4 nitrogen and oxygen atoms in total. The SMILES string of the molecule is C=CC1=[N+](CC[Si](C)(C)C)C2CC(=C)[n+]3c(n(-c4c(-c5ccccc5)cccc4-c4ccccc4)c4ccccc43)-c3c(ccc4c3oc3ccccc34)CCC2c2ccccc21. The molecule has 7 aromatic carbocycles. The van der Waals surface area contributed by atoms with Gasteiger partial charge < -0.3 is 4.42 Å². The normalized spacial score (nSPS) is 16.5. The molecule has 11 rings (SSSR count). The summed E-state index contributed by atoms with van der Waals surface area (Å²) in [5.41, 5.74) is 17.3. The third-order valence-electron chi connectivity index (χ3n) is 13.7. The van der Waals surface area contributed by atoms with E-state index < -0.39 is 8.07 Å². The highest BCUT2D eigenvalue weighted by Crippen LogP contribution is 2.46. The molecule has 0 N–H and O–H groups in total. The minimum Gasteiger partial charge on any atom is -0.455 e. The van der Waals surface area contributed by atoms with Crippen LogP contribution in [0.2, 0.25) is 25.7 Å². The van der Waals surface area contributed by atoms with E-state index in [9.17, 15) is 0 Å². The molecular formula is C58H53N3OSi+2. The lowest BCUT2D eigenvalue weighted by molar-refractivity contribution is -0.580.